The minimum atomic E-state index is -3.63. The summed E-state index contributed by atoms with van der Waals surface area (Å²) in [7, 11) is -3.63. The number of carbonyl (C=O) groups excluding carboxylic acids is 1. The summed E-state index contributed by atoms with van der Waals surface area (Å²) in [6.45, 7) is 3.22. The minimum Gasteiger partial charge on any atom is -0.298 e. The topological polar surface area (TPSA) is 63.2 Å². The van der Waals surface area contributed by atoms with Gasteiger partial charge in [-0.1, -0.05) is 18.5 Å². The summed E-state index contributed by atoms with van der Waals surface area (Å²) in [5, 5.41) is 0. The molecule has 0 aliphatic heterocycles. The molecule has 4 nitrogen and oxygen atoms in total. The van der Waals surface area contributed by atoms with E-state index in [-0.39, 0.29) is 9.99 Å². The number of rotatable bonds is 5. The number of sulfonamides is 1. The molecular weight excluding hydrogens is 270 g/mol. The summed E-state index contributed by atoms with van der Waals surface area (Å²) < 4.78 is 26.4. The van der Waals surface area contributed by atoms with Crippen molar-refractivity contribution in [3.05, 3.63) is 16.5 Å². The van der Waals surface area contributed by atoms with E-state index in [9.17, 15) is 13.2 Å². The summed E-state index contributed by atoms with van der Waals surface area (Å²) in [5.41, 5.74) is 0. The van der Waals surface area contributed by atoms with Crippen LogP contribution in [0.1, 0.15) is 20.3 Å². The highest BCUT2D eigenvalue weighted by Crippen LogP contribution is 2.25. The maximum absolute atomic E-state index is 11.8. The first-order valence-electron chi connectivity index (χ1n) is 4.67. The third kappa shape index (κ3) is 3.28. The van der Waals surface area contributed by atoms with Crippen molar-refractivity contribution in [2.75, 3.05) is 0 Å². The van der Waals surface area contributed by atoms with Crippen LogP contribution in [0.25, 0.3) is 0 Å². The second-order valence-electron chi connectivity index (χ2n) is 3.22. The molecule has 1 aromatic rings. The van der Waals surface area contributed by atoms with Crippen molar-refractivity contribution in [1.29, 1.82) is 0 Å². The van der Waals surface area contributed by atoms with Crippen LogP contribution < -0.4 is 4.72 Å². The monoisotopic (exact) mass is 281 g/mol. The second kappa shape index (κ2) is 5.27. The van der Waals surface area contributed by atoms with E-state index in [1.165, 1.54) is 19.1 Å². The Balaban J connectivity index is 2.84. The molecule has 0 spiro atoms. The summed E-state index contributed by atoms with van der Waals surface area (Å²) in [4.78, 5) is 11.3. The largest absolute Gasteiger partial charge is 0.298 e. The first-order chi connectivity index (χ1) is 7.36. The van der Waals surface area contributed by atoms with E-state index in [0.717, 1.165) is 11.3 Å². The van der Waals surface area contributed by atoms with Crippen molar-refractivity contribution < 1.29 is 13.2 Å². The fraction of sp³-hybridized carbons (Fsp3) is 0.444. The van der Waals surface area contributed by atoms with Crippen molar-refractivity contribution in [1.82, 2.24) is 4.72 Å². The summed E-state index contributed by atoms with van der Waals surface area (Å²) in [6, 6.07) is 2.21. The number of halogens is 1. The quantitative estimate of drug-likeness (QED) is 0.898. The summed E-state index contributed by atoms with van der Waals surface area (Å²) >= 11 is 6.61. The molecule has 0 fully saturated rings. The zero-order chi connectivity index (χ0) is 12.3. The van der Waals surface area contributed by atoms with E-state index in [1.54, 1.807) is 6.92 Å². The van der Waals surface area contributed by atoms with Crippen LogP contribution in [0.2, 0.25) is 4.34 Å². The first-order valence-corrected chi connectivity index (χ1v) is 7.35. The zero-order valence-electron chi connectivity index (χ0n) is 8.86. The molecule has 0 radical (unpaired) electrons. The molecule has 0 saturated carbocycles. The van der Waals surface area contributed by atoms with E-state index in [0.29, 0.717) is 10.8 Å². The number of Topliss-reactive ketones (excluding diaryl/α,β-unsaturated/α-hetero) is 1. The predicted molar refractivity (Wildman–Crippen MR) is 64.4 cm³/mol. The van der Waals surface area contributed by atoms with Gasteiger partial charge in [-0.3, -0.25) is 4.79 Å². The molecule has 0 amide bonds. The molecular formula is C9H12ClNO3S2. The highest BCUT2D eigenvalue weighted by Gasteiger charge is 2.22. The molecule has 90 valence electrons. The van der Waals surface area contributed by atoms with E-state index >= 15 is 0 Å². The summed E-state index contributed by atoms with van der Waals surface area (Å²) in [6.07, 6.45) is 0.300. The average Bonchev–Trinajstić information content (AvgIpc) is 2.63. The minimum absolute atomic E-state index is 0.119. The van der Waals surface area contributed by atoms with Gasteiger partial charge in [-0.2, -0.15) is 0 Å². The molecule has 1 heterocycles. The highest BCUT2D eigenvalue weighted by molar-refractivity contribution is 7.91. The Hall–Kier alpha value is -0.430. The molecule has 0 aliphatic rings. The molecule has 1 rings (SSSR count). The Labute approximate surface area is 104 Å². The lowest BCUT2D eigenvalue weighted by atomic mass is 10.2. The van der Waals surface area contributed by atoms with Crippen LogP contribution >= 0.6 is 22.9 Å². The molecule has 1 aromatic heterocycles. The first kappa shape index (κ1) is 13.6. The van der Waals surface area contributed by atoms with Crippen molar-refractivity contribution in [2.24, 2.45) is 0 Å². The van der Waals surface area contributed by atoms with Crippen LogP contribution in [0.3, 0.4) is 0 Å². The van der Waals surface area contributed by atoms with Gasteiger partial charge in [-0.15, -0.1) is 11.3 Å². The van der Waals surface area contributed by atoms with Crippen LogP contribution in [0.4, 0.5) is 0 Å². The second-order valence-corrected chi connectivity index (χ2v) is 6.88. The SMILES string of the molecule is CCC(=O)C(C)NS(=O)(=O)c1ccc(Cl)s1. The van der Waals surface area contributed by atoms with Crippen LogP contribution in [0.5, 0.6) is 0 Å². The van der Waals surface area contributed by atoms with Gasteiger partial charge < -0.3 is 0 Å². The fourth-order valence-corrected chi connectivity index (χ4v) is 3.83. The van der Waals surface area contributed by atoms with Crippen molar-refractivity contribution in [3.63, 3.8) is 0 Å². The third-order valence-corrected chi connectivity index (χ3v) is 5.24. The van der Waals surface area contributed by atoms with Crippen molar-refractivity contribution >= 4 is 38.7 Å². The van der Waals surface area contributed by atoms with Gasteiger partial charge in [-0.05, 0) is 19.1 Å². The Morgan fingerprint density at radius 3 is 2.62 bits per heavy atom. The molecule has 0 bridgehead atoms. The molecule has 0 aliphatic carbocycles. The number of ketones is 1. The molecule has 16 heavy (non-hydrogen) atoms. The highest BCUT2D eigenvalue weighted by atomic mass is 35.5. The van der Waals surface area contributed by atoms with Gasteiger partial charge in [0.15, 0.2) is 0 Å². The van der Waals surface area contributed by atoms with E-state index < -0.39 is 16.1 Å². The van der Waals surface area contributed by atoms with Gasteiger partial charge >= 0.3 is 0 Å². The third-order valence-electron chi connectivity index (χ3n) is 1.98. The predicted octanol–water partition coefficient (Wildman–Crippen LogP) is 2.05. The zero-order valence-corrected chi connectivity index (χ0v) is 11.2. The molecule has 0 saturated heterocycles. The standard InChI is InChI=1S/C9H12ClNO3S2/c1-3-7(12)6(2)11-16(13,14)9-5-4-8(10)15-9/h4-6,11H,3H2,1-2H3. The van der Waals surface area contributed by atoms with Crippen LogP contribution in [0, 0.1) is 0 Å². The lowest BCUT2D eigenvalue weighted by molar-refractivity contribution is -0.119. The van der Waals surface area contributed by atoms with E-state index in [2.05, 4.69) is 4.72 Å². The smallest absolute Gasteiger partial charge is 0.250 e. The van der Waals surface area contributed by atoms with Crippen LogP contribution in [-0.2, 0) is 14.8 Å². The van der Waals surface area contributed by atoms with Gasteiger partial charge in [0.1, 0.15) is 9.99 Å². The number of hydrogen-bond donors (Lipinski definition) is 1. The maximum Gasteiger partial charge on any atom is 0.250 e. The summed E-state index contributed by atoms with van der Waals surface area (Å²) in [5.74, 6) is -0.147. The molecule has 7 heteroatoms. The Bertz CT molecular complexity index is 481. The number of thiophene rings is 1. The van der Waals surface area contributed by atoms with E-state index in [4.69, 9.17) is 11.6 Å². The van der Waals surface area contributed by atoms with Gasteiger partial charge in [0, 0.05) is 6.42 Å². The fourth-order valence-electron chi connectivity index (χ4n) is 1.10. The number of hydrogen-bond acceptors (Lipinski definition) is 4. The lowest BCUT2D eigenvalue weighted by Crippen LogP contribution is -2.37. The Morgan fingerprint density at radius 1 is 1.56 bits per heavy atom. The Morgan fingerprint density at radius 2 is 2.19 bits per heavy atom. The van der Waals surface area contributed by atoms with Gasteiger partial charge in [0.05, 0.1) is 10.4 Å². The lowest BCUT2D eigenvalue weighted by Gasteiger charge is -2.10. The van der Waals surface area contributed by atoms with Gasteiger partial charge in [-0.25, -0.2) is 13.1 Å². The maximum atomic E-state index is 11.8. The van der Waals surface area contributed by atoms with Crippen LogP contribution in [0.15, 0.2) is 16.3 Å². The van der Waals surface area contributed by atoms with Crippen molar-refractivity contribution in [3.8, 4) is 0 Å². The molecule has 1 N–H and O–H groups in total. The van der Waals surface area contributed by atoms with E-state index in [1.807, 2.05) is 0 Å². The van der Waals surface area contributed by atoms with Gasteiger partial charge in [0.2, 0.25) is 0 Å². The van der Waals surface area contributed by atoms with Crippen molar-refractivity contribution in [2.45, 2.75) is 30.5 Å². The molecule has 1 unspecified atom stereocenters. The number of nitrogens with one attached hydrogen (secondary N) is 1. The van der Waals surface area contributed by atoms with Gasteiger partial charge in [0.25, 0.3) is 10.0 Å². The average molecular weight is 282 g/mol. The van der Waals surface area contributed by atoms with Crippen LogP contribution in [-0.4, -0.2) is 20.2 Å². The molecule has 0 aromatic carbocycles. The Kier molecular flexibility index (Phi) is 4.49. The number of carbonyl (C=O) groups is 1. The normalized spacial score (nSPS) is 13.7. The molecule has 1 atom stereocenters.